The highest BCUT2D eigenvalue weighted by Gasteiger charge is 2.30. The van der Waals surface area contributed by atoms with E-state index in [4.69, 9.17) is 17.0 Å². The van der Waals surface area contributed by atoms with Crippen molar-refractivity contribution < 1.29 is 9.53 Å². The molecule has 2 aromatic rings. The Kier molecular flexibility index (Phi) is 5.56. The molecule has 0 aliphatic carbocycles. The number of para-hydroxylation sites is 1. The Morgan fingerprint density at radius 2 is 2.04 bits per heavy atom. The molecule has 0 bridgehead atoms. The van der Waals surface area contributed by atoms with Crippen molar-refractivity contribution in [2.75, 3.05) is 26.7 Å². The van der Waals surface area contributed by atoms with Crippen LogP contribution < -0.4 is 10.1 Å². The first-order valence-corrected chi connectivity index (χ1v) is 9.23. The van der Waals surface area contributed by atoms with Crippen LogP contribution in [0.2, 0.25) is 0 Å². The van der Waals surface area contributed by atoms with Crippen LogP contribution in [0.3, 0.4) is 0 Å². The average Bonchev–Trinajstić information content (AvgIpc) is 3.14. The summed E-state index contributed by atoms with van der Waals surface area (Å²) in [6.45, 7) is 6.36. The summed E-state index contributed by atoms with van der Waals surface area (Å²) < 4.78 is 5.46. The van der Waals surface area contributed by atoms with Crippen LogP contribution in [0.25, 0.3) is 10.9 Å². The lowest BCUT2D eigenvalue weighted by molar-refractivity contribution is 0.0485. The number of rotatable bonds is 4. The molecule has 2 heterocycles. The lowest BCUT2D eigenvalue weighted by atomic mass is 10.1. The molecule has 1 fully saturated rings. The second kappa shape index (κ2) is 7.86. The zero-order chi connectivity index (χ0) is 18.7. The number of benzene rings is 1. The Balaban J connectivity index is 1.86. The summed E-state index contributed by atoms with van der Waals surface area (Å²) in [6, 6.07) is 9.34. The number of hydrogen-bond donors (Lipinski definition) is 1. The number of thiocarbonyl (C=S) groups is 1. The first kappa shape index (κ1) is 18.4. The minimum Gasteiger partial charge on any atom is -0.496 e. The van der Waals surface area contributed by atoms with Gasteiger partial charge in [0.15, 0.2) is 5.11 Å². The molecule has 0 atom stereocenters. The van der Waals surface area contributed by atoms with Gasteiger partial charge in [0.05, 0.1) is 12.6 Å². The van der Waals surface area contributed by atoms with Gasteiger partial charge in [-0.1, -0.05) is 26.0 Å². The molecule has 1 aliphatic rings. The Hall–Kier alpha value is -2.41. The number of methoxy groups -OCH3 is 1. The summed E-state index contributed by atoms with van der Waals surface area (Å²) in [4.78, 5) is 17.6. The van der Waals surface area contributed by atoms with Crippen LogP contribution in [0, 0.1) is 5.92 Å². The summed E-state index contributed by atoms with van der Waals surface area (Å²) in [6.07, 6.45) is 0.875. The van der Waals surface area contributed by atoms with Crippen molar-refractivity contribution in [3.8, 4) is 5.75 Å². The molecule has 0 radical (unpaired) electrons. The quantitative estimate of drug-likeness (QED) is 0.833. The predicted octanol–water partition coefficient (Wildman–Crippen LogP) is 2.84. The predicted molar refractivity (Wildman–Crippen MR) is 106 cm³/mol. The van der Waals surface area contributed by atoms with Gasteiger partial charge in [-0.15, -0.1) is 0 Å². The Bertz CT molecular complexity index is 824. The number of hydrazine groups is 1. The minimum atomic E-state index is -0.166. The molecule has 0 spiro atoms. The van der Waals surface area contributed by atoms with Crippen molar-refractivity contribution in [2.24, 2.45) is 5.92 Å². The highest BCUT2D eigenvalue weighted by Crippen LogP contribution is 2.26. The molecule has 0 unspecified atom stereocenters. The summed E-state index contributed by atoms with van der Waals surface area (Å²) in [5, 5.41) is 8.21. The molecule has 1 saturated heterocycles. The van der Waals surface area contributed by atoms with Gasteiger partial charge in [-0.2, -0.15) is 0 Å². The van der Waals surface area contributed by atoms with Gasteiger partial charge in [0.25, 0.3) is 5.91 Å². The SMILES string of the molecule is COc1cc(C(=O)N2CCCN2C(=S)NCC(C)C)nc2ccccc12. The molecular weight excluding hydrogens is 348 g/mol. The third-order valence-corrected chi connectivity index (χ3v) is 4.63. The number of carbonyl (C=O) groups is 1. The maximum Gasteiger partial charge on any atom is 0.291 e. The monoisotopic (exact) mass is 372 g/mol. The van der Waals surface area contributed by atoms with E-state index in [2.05, 4.69) is 24.1 Å². The van der Waals surface area contributed by atoms with E-state index in [1.807, 2.05) is 29.3 Å². The fourth-order valence-electron chi connectivity index (χ4n) is 2.97. The smallest absolute Gasteiger partial charge is 0.291 e. The van der Waals surface area contributed by atoms with Crippen LogP contribution in [0.4, 0.5) is 0 Å². The molecule has 7 heteroatoms. The number of fused-ring (bicyclic) bond motifs is 1. The zero-order valence-corrected chi connectivity index (χ0v) is 16.2. The van der Waals surface area contributed by atoms with E-state index in [9.17, 15) is 4.79 Å². The number of pyridine rings is 1. The van der Waals surface area contributed by atoms with Gasteiger partial charge in [-0.25, -0.2) is 9.99 Å². The van der Waals surface area contributed by atoms with Crippen molar-refractivity contribution in [3.63, 3.8) is 0 Å². The molecule has 26 heavy (non-hydrogen) atoms. The third-order valence-electron chi connectivity index (χ3n) is 4.28. The van der Waals surface area contributed by atoms with Crippen molar-refractivity contribution in [1.29, 1.82) is 0 Å². The van der Waals surface area contributed by atoms with Crippen LogP contribution in [-0.4, -0.2) is 52.8 Å². The second-order valence-electron chi connectivity index (χ2n) is 6.71. The molecule has 1 aliphatic heterocycles. The Morgan fingerprint density at radius 1 is 1.31 bits per heavy atom. The van der Waals surface area contributed by atoms with Crippen molar-refractivity contribution in [3.05, 3.63) is 36.0 Å². The number of hydrogen-bond acceptors (Lipinski definition) is 4. The topological polar surface area (TPSA) is 57.7 Å². The number of nitrogens with one attached hydrogen (secondary N) is 1. The van der Waals surface area contributed by atoms with Gasteiger partial charge in [-0.05, 0) is 36.7 Å². The molecular formula is C19H24N4O2S. The van der Waals surface area contributed by atoms with Crippen molar-refractivity contribution >= 4 is 34.1 Å². The number of aromatic nitrogens is 1. The van der Waals surface area contributed by atoms with Crippen molar-refractivity contribution in [2.45, 2.75) is 20.3 Å². The number of ether oxygens (including phenoxy) is 1. The number of nitrogens with zero attached hydrogens (tertiary/aromatic N) is 3. The summed E-state index contributed by atoms with van der Waals surface area (Å²) in [5.74, 6) is 0.955. The Labute approximate surface area is 159 Å². The number of amides is 1. The molecule has 1 aromatic heterocycles. The molecule has 3 rings (SSSR count). The molecule has 138 valence electrons. The van der Waals surface area contributed by atoms with Crippen LogP contribution in [0.15, 0.2) is 30.3 Å². The Morgan fingerprint density at radius 3 is 2.77 bits per heavy atom. The van der Waals surface area contributed by atoms with E-state index in [0.29, 0.717) is 29.0 Å². The summed E-state index contributed by atoms with van der Waals surface area (Å²) in [5.41, 5.74) is 1.10. The summed E-state index contributed by atoms with van der Waals surface area (Å²) >= 11 is 5.48. The van der Waals surface area contributed by atoms with E-state index < -0.39 is 0 Å². The standard InChI is InChI=1S/C19H24N4O2S/c1-13(2)12-20-19(26)23-10-6-9-22(23)18(24)16-11-17(25-3)14-7-4-5-8-15(14)21-16/h4-5,7-8,11,13H,6,9-10,12H2,1-3H3,(H,20,26). The summed E-state index contributed by atoms with van der Waals surface area (Å²) in [7, 11) is 1.60. The molecule has 1 aromatic carbocycles. The lowest BCUT2D eigenvalue weighted by Crippen LogP contribution is -2.49. The second-order valence-corrected chi connectivity index (χ2v) is 7.10. The van der Waals surface area contributed by atoms with Gasteiger partial charge in [0, 0.05) is 31.1 Å². The van der Waals surface area contributed by atoms with E-state index in [-0.39, 0.29) is 5.91 Å². The zero-order valence-electron chi connectivity index (χ0n) is 15.4. The fourth-order valence-corrected chi connectivity index (χ4v) is 3.24. The van der Waals surface area contributed by atoms with E-state index in [1.54, 1.807) is 18.2 Å². The van der Waals surface area contributed by atoms with Crippen LogP contribution in [0.1, 0.15) is 30.8 Å². The van der Waals surface area contributed by atoms with E-state index >= 15 is 0 Å². The van der Waals surface area contributed by atoms with E-state index in [0.717, 1.165) is 30.4 Å². The largest absolute Gasteiger partial charge is 0.496 e. The first-order valence-electron chi connectivity index (χ1n) is 8.82. The van der Waals surface area contributed by atoms with Gasteiger partial charge >= 0.3 is 0 Å². The third kappa shape index (κ3) is 3.72. The fraction of sp³-hybridized carbons (Fsp3) is 0.421. The highest BCUT2D eigenvalue weighted by atomic mass is 32.1. The van der Waals surface area contributed by atoms with Gasteiger partial charge in [-0.3, -0.25) is 9.80 Å². The maximum absolute atomic E-state index is 13.1. The van der Waals surface area contributed by atoms with Crippen LogP contribution in [0.5, 0.6) is 5.75 Å². The van der Waals surface area contributed by atoms with Gasteiger partial charge < -0.3 is 10.1 Å². The number of carbonyl (C=O) groups excluding carboxylic acids is 1. The van der Waals surface area contributed by atoms with Gasteiger partial charge in [0.2, 0.25) is 0 Å². The molecule has 1 N–H and O–H groups in total. The molecule has 0 saturated carbocycles. The maximum atomic E-state index is 13.1. The minimum absolute atomic E-state index is 0.166. The lowest BCUT2D eigenvalue weighted by Gasteiger charge is -2.30. The van der Waals surface area contributed by atoms with Crippen LogP contribution >= 0.6 is 12.2 Å². The average molecular weight is 372 g/mol. The normalized spacial score (nSPS) is 14.2. The highest BCUT2D eigenvalue weighted by molar-refractivity contribution is 7.80. The van der Waals surface area contributed by atoms with Crippen LogP contribution in [-0.2, 0) is 0 Å². The first-order chi connectivity index (χ1) is 12.5. The van der Waals surface area contributed by atoms with Crippen molar-refractivity contribution in [1.82, 2.24) is 20.3 Å². The molecule has 6 nitrogen and oxygen atoms in total. The van der Waals surface area contributed by atoms with E-state index in [1.165, 1.54) is 0 Å². The molecule has 1 amide bonds. The van der Waals surface area contributed by atoms with Gasteiger partial charge in [0.1, 0.15) is 11.4 Å².